The molecular formula is C12H23N3OS. The Labute approximate surface area is 108 Å². The van der Waals surface area contributed by atoms with Gasteiger partial charge in [-0.25, -0.2) is 4.98 Å². The number of hydrogen-bond donors (Lipinski definition) is 1. The van der Waals surface area contributed by atoms with Crippen LogP contribution in [0.25, 0.3) is 0 Å². The third kappa shape index (κ3) is 4.61. The molecule has 0 spiro atoms. The fourth-order valence-corrected chi connectivity index (χ4v) is 2.58. The molecule has 0 aromatic carbocycles. The molecule has 98 valence electrons. The summed E-state index contributed by atoms with van der Waals surface area (Å²) in [5.74, 6) is 0. The van der Waals surface area contributed by atoms with Crippen molar-refractivity contribution in [2.75, 3.05) is 38.6 Å². The maximum atomic E-state index is 9.46. The van der Waals surface area contributed by atoms with E-state index >= 15 is 0 Å². The molecule has 0 aliphatic rings. The second kappa shape index (κ2) is 6.93. The van der Waals surface area contributed by atoms with Gasteiger partial charge in [0.1, 0.15) is 0 Å². The van der Waals surface area contributed by atoms with Gasteiger partial charge < -0.3 is 14.9 Å². The number of hydrogen-bond acceptors (Lipinski definition) is 5. The molecule has 1 rings (SSSR count). The van der Waals surface area contributed by atoms with Crippen molar-refractivity contribution in [3.8, 4) is 0 Å². The van der Waals surface area contributed by atoms with Crippen LogP contribution in [0.2, 0.25) is 0 Å². The first-order chi connectivity index (χ1) is 8.04. The summed E-state index contributed by atoms with van der Waals surface area (Å²) in [7, 11) is 4.18. The molecule has 1 aromatic rings. The minimum atomic E-state index is -0.472. The van der Waals surface area contributed by atoms with Crippen LogP contribution in [-0.2, 0) is 0 Å². The molecule has 0 aliphatic carbocycles. The molecule has 1 N–H and O–H groups in total. The van der Waals surface area contributed by atoms with E-state index < -0.39 is 6.10 Å². The van der Waals surface area contributed by atoms with E-state index in [0.29, 0.717) is 0 Å². The standard InChI is InChI=1S/C12H23N3OS/c1-5-15(8-6-7-14(3)4)12-13-11(9-17-12)10(2)16/h9-10,16H,5-8H2,1-4H3. The summed E-state index contributed by atoms with van der Waals surface area (Å²) in [4.78, 5) is 8.91. The van der Waals surface area contributed by atoms with Crippen LogP contribution >= 0.6 is 11.3 Å². The van der Waals surface area contributed by atoms with Gasteiger partial charge in [0.25, 0.3) is 0 Å². The average molecular weight is 257 g/mol. The monoisotopic (exact) mass is 257 g/mol. The van der Waals surface area contributed by atoms with Crippen LogP contribution in [0.5, 0.6) is 0 Å². The number of aliphatic hydroxyl groups is 1. The zero-order valence-corrected chi connectivity index (χ0v) is 12.0. The van der Waals surface area contributed by atoms with Crippen LogP contribution in [0.3, 0.4) is 0 Å². The average Bonchev–Trinajstić information content (AvgIpc) is 2.73. The van der Waals surface area contributed by atoms with E-state index in [-0.39, 0.29) is 0 Å². The van der Waals surface area contributed by atoms with Gasteiger partial charge in [0.2, 0.25) is 0 Å². The van der Waals surface area contributed by atoms with Crippen LogP contribution in [0.1, 0.15) is 32.1 Å². The first-order valence-electron chi connectivity index (χ1n) is 6.07. The van der Waals surface area contributed by atoms with Gasteiger partial charge in [-0.1, -0.05) is 0 Å². The summed E-state index contributed by atoms with van der Waals surface area (Å²) in [5.41, 5.74) is 0.774. The highest BCUT2D eigenvalue weighted by atomic mass is 32.1. The number of thiazole rings is 1. The fraction of sp³-hybridized carbons (Fsp3) is 0.750. The minimum Gasteiger partial charge on any atom is -0.387 e. The Morgan fingerprint density at radius 2 is 2.12 bits per heavy atom. The Kier molecular flexibility index (Phi) is 5.88. The molecule has 1 unspecified atom stereocenters. The lowest BCUT2D eigenvalue weighted by molar-refractivity contribution is 0.195. The molecule has 0 amide bonds. The molecule has 5 heteroatoms. The molecule has 1 aromatic heterocycles. The maximum absolute atomic E-state index is 9.46. The number of aliphatic hydroxyl groups excluding tert-OH is 1. The van der Waals surface area contributed by atoms with Crippen molar-refractivity contribution in [3.05, 3.63) is 11.1 Å². The molecule has 4 nitrogen and oxygen atoms in total. The van der Waals surface area contributed by atoms with Crippen LogP contribution < -0.4 is 4.90 Å². The first kappa shape index (κ1) is 14.4. The zero-order chi connectivity index (χ0) is 12.8. The molecule has 1 heterocycles. The molecule has 0 fully saturated rings. The van der Waals surface area contributed by atoms with Gasteiger partial charge in [-0.2, -0.15) is 0 Å². The Morgan fingerprint density at radius 3 is 2.59 bits per heavy atom. The van der Waals surface area contributed by atoms with Crippen molar-refractivity contribution in [2.45, 2.75) is 26.4 Å². The van der Waals surface area contributed by atoms with Gasteiger partial charge in [0, 0.05) is 18.5 Å². The smallest absolute Gasteiger partial charge is 0.185 e. The third-order valence-corrected chi connectivity index (χ3v) is 3.54. The first-order valence-corrected chi connectivity index (χ1v) is 6.95. The van der Waals surface area contributed by atoms with Crippen molar-refractivity contribution >= 4 is 16.5 Å². The molecule has 0 bridgehead atoms. The number of aromatic nitrogens is 1. The molecule has 0 saturated carbocycles. The largest absolute Gasteiger partial charge is 0.387 e. The topological polar surface area (TPSA) is 39.6 Å². The van der Waals surface area contributed by atoms with E-state index in [1.54, 1.807) is 18.3 Å². The lowest BCUT2D eigenvalue weighted by atomic mass is 10.3. The summed E-state index contributed by atoms with van der Waals surface area (Å²) in [5, 5.41) is 12.4. The highest BCUT2D eigenvalue weighted by Gasteiger charge is 2.11. The Morgan fingerprint density at radius 1 is 1.41 bits per heavy atom. The molecule has 17 heavy (non-hydrogen) atoms. The highest BCUT2D eigenvalue weighted by molar-refractivity contribution is 7.13. The molecular weight excluding hydrogens is 234 g/mol. The number of anilines is 1. The van der Waals surface area contributed by atoms with Gasteiger partial charge >= 0.3 is 0 Å². The van der Waals surface area contributed by atoms with Gasteiger partial charge in [-0.05, 0) is 40.9 Å². The zero-order valence-electron chi connectivity index (χ0n) is 11.2. The third-order valence-electron chi connectivity index (χ3n) is 2.62. The van der Waals surface area contributed by atoms with E-state index in [2.05, 4.69) is 35.8 Å². The minimum absolute atomic E-state index is 0.472. The summed E-state index contributed by atoms with van der Waals surface area (Å²) in [6.45, 7) is 6.95. The summed E-state index contributed by atoms with van der Waals surface area (Å²) < 4.78 is 0. The SMILES string of the molecule is CCN(CCCN(C)C)c1nc(C(C)O)cs1. The highest BCUT2D eigenvalue weighted by Crippen LogP contribution is 2.23. The maximum Gasteiger partial charge on any atom is 0.185 e. The second-order valence-corrected chi connectivity index (χ2v) is 5.30. The van der Waals surface area contributed by atoms with Crippen molar-refractivity contribution in [2.24, 2.45) is 0 Å². The normalized spacial score (nSPS) is 13.1. The van der Waals surface area contributed by atoms with E-state index in [1.807, 2.05) is 5.38 Å². The number of nitrogens with zero attached hydrogens (tertiary/aromatic N) is 3. The van der Waals surface area contributed by atoms with E-state index in [0.717, 1.165) is 36.9 Å². The van der Waals surface area contributed by atoms with Gasteiger partial charge in [0.05, 0.1) is 11.8 Å². The van der Waals surface area contributed by atoms with E-state index in [9.17, 15) is 5.11 Å². The Bertz CT molecular complexity index is 325. The Hall–Kier alpha value is -0.650. The van der Waals surface area contributed by atoms with Crippen LogP contribution in [0.4, 0.5) is 5.13 Å². The van der Waals surface area contributed by atoms with Crippen molar-refractivity contribution in [3.63, 3.8) is 0 Å². The van der Waals surface area contributed by atoms with Crippen LogP contribution in [0, 0.1) is 0 Å². The lowest BCUT2D eigenvalue weighted by Gasteiger charge is -2.20. The van der Waals surface area contributed by atoms with Crippen LogP contribution in [-0.4, -0.2) is 48.7 Å². The number of rotatable bonds is 7. The summed E-state index contributed by atoms with van der Waals surface area (Å²) >= 11 is 1.61. The predicted octanol–water partition coefficient (Wildman–Crippen LogP) is 1.97. The predicted molar refractivity (Wildman–Crippen MR) is 73.8 cm³/mol. The van der Waals surface area contributed by atoms with Crippen molar-refractivity contribution < 1.29 is 5.11 Å². The molecule has 1 atom stereocenters. The Balaban J connectivity index is 2.53. The van der Waals surface area contributed by atoms with Gasteiger partial charge in [-0.3, -0.25) is 0 Å². The van der Waals surface area contributed by atoms with Crippen molar-refractivity contribution in [1.29, 1.82) is 0 Å². The molecule has 0 radical (unpaired) electrons. The summed E-state index contributed by atoms with van der Waals surface area (Å²) in [6.07, 6.45) is 0.658. The van der Waals surface area contributed by atoms with Gasteiger partial charge in [0.15, 0.2) is 5.13 Å². The molecule has 0 aliphatic heterocycles. The summed E-state index contributed by atoms with van der Waals surface area (Å²) in [6, 6.07) is 0. The lowest BCUT2D eigenvalue weighted by Crippen LogP contribution is -2.26. The van der Waals surface area contributed by atoms with E-state index in [4.69, 9.17) is 0 Å². The fourth-order valence-electron chi connectivity index (χ4n) is 1.58. The quantitative estimate of drug-likeness (QED) is 0.811. The van der Waals surface area contributed by atoms with Gasteiger partial charge in [-0.15, -0.1) is 11.3 Å². The second-order valence-electron chi connectivity index (χ2n) is 4.47. The molecule has 0 saturated heterocycles. The van der Waals surface area contributed by atoms with Crippen molar-refractivity contribution in [1.82, 2.24) is 9.88 Å². The van der Waals surface area contributed by atoms with Crippen LogP contribution in [0.15, 0.2) is 5.38 Å². The van der Waals surface area contributed by atoms with E-state index in [1.165, 1.54) is 0 Å².